The molecular weight excluding hydrogens is 526 g/mol. The molecular formula is C31H41N3O7. The molecule has 0 aliphatic carbocycles. The minimum absolute atomic E-state index is 0.0887. The molecule has 1 unspecified atom stereocenters. The van der Waals surface area contributed by atoms with Crippen molar-refractivity contribution in [2.75, 3.05) is 44.2 Å². The maximum absolute atomic E-state index is 14.2. The van der Waals surface area contributed by atoms with Crippen LogP contribution in [0.4, 0.5) is 16.2 Å². The second-order valence-corrected chi connectivity index (χ2v) is 12.0. The fourth-order valence-corrected chi connectivity index (χ4v) is 4.57. The van der Waals surface area contributed by atoms with Crippen molar-refractivity contribution >= 4 is 35.3 Å². The third-order valence-electron chi connectivity index (χ3n) is 6.48. The second kappa shape index (κ2) is 12.3. The van der Waals surface area contributed by atoms with Gasteiger partial charge in [-0.3, -0.25) is 14.5 Å². The summed E-state index contributed by atoms with van der Waals surface area (Å²) in [6.45, 7) is 10.8. The number of anilines is 2. The monoisotopic (exact) mass is 567 g/mol. The highest BCUT2D eigenvalue weighted by atomic mass is 16.6. The van der Waals surface area contributed by atoms with Gasteiger partial charge in [0.05, 0.1) is 5.56 Å². The number of nitrogens with zero attached hydrogens (tertiary/aromatic N) is 3. The molecule has 1 heterocycles. The third-order valence-corrected chi connectivity index (χ3v) is 6.48. The number of carbonyl (C=O) groups excluding carboxylic acids is 4. The molecule has 1 aliphatic rings. The van der Waals surface area contributed by atoms with Crippen LogP contribution in [0.2, 0.25) is 0 Å². The van der Waals surface area contributed by atoms with Crippen molar-refractivity contribution < 1.29 is 33.4 Å². The number of likely N-dealkylation sites (N-methyl/N-ethyl adjacent to an activating group) is 2. The fraction of sp³-hybridized carbons (Fsp3) is 0.484. The number of amides is 3. The molecule has 0 radical (unpaired) electrons. The van der Waals surface area contributed by atoms with Gasteiger partial charge in [0.25, 0.3) is 11.8 Å². The number of carbonyl (C=O) groups is 4. The summed E-state index contributed by atoms with van der Waals surface area (Å²) in [5, 5.41) is 0. The number of methoxy groups -OCH3 is 1. The Morgan fingerprint density at radius 2 is 1.49 bits per heavy atom. The van der Waals surface area contributed by atoms with Crippen LogP contribution in [0.1, 0.15) is 69.1 Å². The largest absolute Gasteiger partial charge is 0.456 e. The van der Waals surface area contributed by atoms with Gasteiger partial charge in [-0.05, 0) is 89.4 Å². The van der Waals surface area contributed by atoms with Crippen LogP contribution >= 0.6 is 0 Å². The molecule has 10 heteroatoms. The first-order chi connectivity index (χ1) is 19.0. The molecule has 3 rings (SSSR count). The van der Waals surface area contributed by atoms with Gasteiger partial charge in [-0.1, -0.05) is 12.1 Å². The molecule has 0 saturated heterocycles. The van der Waals surface area contributed by atoms with Crippen molar-refractivity contribution in [3.63, 3.8) is 0 Å². The highest BCUT2D eigenvalue weighted by Gasteiger charge is 2.41. The molecule has 2 aromatic rings. The van der Waals surface area contributed by atoms with Crippen molar-refractivity contribution in [1.82, 2.24) is 4.90 Å². The molecule has 0 saturated carbocycles. The van der Waals surface area contributed by atoms with Crippen LogP contribution in [-0.4, -0.2) is 74.3 Å². The van der Waals surface area contributed by atoms with E-state index in [0.717, 1.165) is 5.56 Å². The molecule has 10 nitrogen and oxygen atoms in total. The summed E-state index contributed by atoms with van der Waals surface area (Å²) in [4.78, 5) is 57.0. The highest BCUT2D eigenvalue weighted by molar-refractivity contribution is 6.01. The zero-order chi connectivity index (χ0) is 30.7. The molecule has 1 aliphatic heterocycles. The van der Waals surface area contributed by atoms with Crippen LogP contribution in [0.5, 0.6) is 0 Å². The lowest BCUT2D eigenvalue weighted by molar-refractivity contribution is -0.124. The molecule has 0 fully saturated rings. The molecule has 3 amide bonds. The molecule has 1 atom stereocenters. The SMILES string of the molecule is COCC(=O)N(C)c1cccc2c1CCN(C(=O)OC(C)(C)C)C2C(=O)N(C)c1ccc(C(=O)OC(C)(C)C)cc1. The smallest absolute Gasteiger partial charge is 0.411 e. The zero-order valence-electron chi connectivity index (χ0n) is 25.4. The Morgan fingerprint density at radius 1 is 0.878 bits per heavy atom. The minimum atomic E-state index is -1.00. The maximum Gasteiger partial charge on any atom is 0.411 e. The number of hydrogen-bond donors (Lipinski definition) is 0. The topological polar surface area (TPSA) is 106 Å². The van der Waals surface area contributed by atoms with Crippen LogP contribution in [-0.2, 0) is 30.2 Å². The van der Waals surface area contributed by atoms with E-state index in [-0.39, 0.29) is 25.0 Å². The Kier molecular flexibility index (Phi) is 9.48. The van der Waals surface area contributed by atoms with E-state index in [1.165, 1.54) is 21.8 Å². The molecule has 222 valence electrons. The van der Waals surface area contributed by atoms with E-state index in [1.807, 2.05) is 6.07 Å². The Bertz CT molecular complexity index is 1290. The standard InChI is InChI=1S/C31H41N3O7/c1-30(2,3)40-28(37)20-13-15-21(16-14-20)32(7)27(36)26-23-11-10-12-24(33(8)25(35)19-39-9)22(23)17-18-34(26)29(38)41-31(4,5)6/h10-16,26H,17-19H2,1-9H3. The molecule has 2 aromatic carbocycles. The lowest BCUT2D eigenvalue weighted by atomic mass is 9.90. The van der Waals surface area contributed by atoms with Gasteiger partial charge in [0.1, 0.15) is 23.9 Å². The van der Waals surface area contributed by atoms with Gasteiger partial charge in [0, 0.05) is 39.1 Å². The van der Waals surface area contributed by atoms with Crippen LogP contribution in [0.3, 0.4) is 0 Å². The van der Waals surface area contributed by atoms with E-state index in [2.05, 4.69) is 0 Å². The average Bonchev–Trinajstić information content (AvgIpc) is 2.89. The summed E-state index contributed by atoms with van der Waals surface area (Å²) < 4.78 is 16.1. The van der Waals surface area contributed by atoms with E-state index in [4.69, 9.17) is 14.2 Å². The Labute approximate surface area is 242 Å². The van der Waals surface area contributed by atoms with Gasteiger partial charge in [-0.15, -0.1) is 0 Å². The van der Waals surface area contributed by atoms with Crippen molar-refractivity contribution in [3.8, 4) is 0 Å². The van der Waals surface area contributed by atoms with E-state index in [0.29, 0.717) is 28.9 Å². The molecule has 0 N–H and O–H groups in total. The highest BCUT2D eigenvalue weighted by Crippen LogP contribution is 2.38. The third kappa shape index (κ3) is 7.64. The van der Waals surface area contributed by atoms with Crippen molar-refractivity contribution in [3.05, 3.63) is 59.2 Å². The number of ether oxygens (including phenoxy) is 3. The summed E-state index contributed by atoms with van der Waals surface area (Å²) in [6, 6.07) is 10.9. The average molecular weight is 568 g/mol. The number of benzene rings is 2. The first-order valence-corrected chi connectivity index (χ1v) is 13.5. The number of esters is 1. The first kappa shape index (κ1) is 31.6. The fourth-order valence-electron chi connectivity index (χ4n) is 4.57. The zero-order valence-corrected chi connectivity index (χ0v) is 25.4. The minimum Gasteiger partial charge on any atom is -0.456 e. The Hall–Kier alpha value is -3.92. The maximum atomic E-state index is 14.2. The predicted octanol–water partition coefficient (Wildman–Crippen LogP) is 4.75. The van der Waals surface area contributed by atoms with Crippen LogP contribution in [0.25, 0.3) is 0 Å². The summed E-state index contributed by atoms with van der Waals surface area (Å²) in [5.74, 6) is -1.07. The van der Waals surface area contributed by atoms with Crippen LogP contribution in [0.15, 0.2) is 42.5 Å². The van der Waals surface area contributed by atoms with Crippen LogP contribution in [0, 0.1) is 0 Å². The lowest BCUT2D eigenvalue weighted by Gasteiger charge is -2.39. The number of fused-ring (bicyclic) bond motifs is 1. The first-order valence-electron chi connectivity index (χ1n) is 13.5. The normalized spacial score (nSPS) is 15.0. The Balaban J connectivity index is 2.01. The number of rotatable bonds is 6. The molecule has 41 heavy (non-hydrogen) atoms. The van der Waals surface area contributed by atoms with E-state index >= 15 is 0 Å². The lowest BCUT2D eigenvalue weighted by Crippen LogP contribution is -2.49. The van der Waals surface area contributed by atoms with E-state index in [1.54, 1.807) is 92.0 Å². The summed E-state index contributed by atoms with van der Waals surface area (Å²) in [7, 11) is 4.73. The van der Waals surface area contributed by atoms with E-state index < -0.39 is 29.3 Å². The molecule has 0 spiro atoms. The van der Waals surface area contributed by atoms with Crippen molar-refractivity contribution in [2.24, 2.45) is 0 Å². The van der Waals surface area contributed by atoms with Gasteiger partial charge in [-0.25, -0.2) is 9.59 Å². The van der Waals surface area contributed by atoms with Crippen molar-refractivity contribution in [2.45, 2.75) is 65.2 Å². The van der Waals surface area contributed by atoms with Gasteiger partial charge >= 0.3 is 12.1 Å². The summed E-state index contributed by atoms with van der Waals surface area (Å²) in [6.07, 6.45) is -0.183. The van der Waals surface area contributed by atoms with E-state index in [9.17, 15) is 19.2 Å². The quantitative estimate of drug-likeness (QED) is 0.464. The summed E-state index contributed by atoms with van der Waals surface area (Å²) in [5.41, 5.74) is 1.55. The van der Waals surface area contributed by atoms with Gasteiger partial charge in [0.15, 0.2) is 0 Å². The van der Waals surface area contributed by atoms with Gasteiger partial charge in [-0.2, -0.15) is 0 Å². The van der Waals surface area contributed by atoms with Gasteiger partial charge in [0.2, 0.25) is 0 Å². The Morgan fingerprint density at radius 3 is 2.05 bits per heavy atom. The van der Waals surface area contributed by atoms with Crippen LogP contribution < -0.4 is 9.80 Å². The molecule has 0 bridgehead atoms. The predicted molar refractivity (Wildman–Crippen MR) is 156 cm³/mol. The van der Waals surface area contributed by atoms with Gasteiger partial charge < -0.3 is 24.0 Å². The number of hydrogen-bond acceptors (Lipinski definition) is 7. The second-order valence-electron chi connectivity index (χ2n) is 12.0. The summed E-state index contributed by atoms with van der Waals surface area (Å²) >= 11 is 0. The van der Waals surface area contributed by atoms with Crippen molar-refractivity contribution in [1.29, 1.82) is 0 Å². The molecule has 0 aromatic heterocycles.